The molecule has 1 heteroatoms. The number of thioether (sulfide) groups is 1. The van der Waals surface area contributed by atoms with Crippen molar-refractivity contribution in [2.24, 2.45) is 0 Å². The Morgan fingerprint density at radius 1 is 0.941 bits per heavy atom. The molecule has 0 N–H and O–H groups in total. The molecule has 0 radical (unpaired) electrons. The first kappa shape index (κ1) is 12.0. The van der Waals surface area contributed by atoms with E-state index in [2.05, 4.69) is 61.2 Å². The molecule has 0 spiro atoms. The van der Waals surface area contributed by atoms with Crippen LogP contribution in [0.2, 0.25) is 0 Å². The highest BCUT2D eigenvalue weighted by Gasteiger charge is 2.03. The van der Waals surface area contributed by atoms with Crippen LogP contribution >= 0.6 is 11.8 Å². The van der Waals surface area contributed by atoms with Gasteiger partial charge in [0.2, 0.25) is 0 Å². The van der Waals surface area contributed by atoms with E-state index in [0.29, 0.717) is 0 Å². The van der Waals surface area contributed by atoms with E-state index in [9.17, 15) is 0 Å². The summed E-state index contributed by atoms with van der Waals surface area (Å²) in [6.07, 6.45) is 3.02. The maximum Gasteiger partial charge on any atom is 0.0151 e. The average molecular weight is 240 g/mol. The topological polar surface area (TPSA) is 0 Å². The van der Waals surface area contributed by atoms with Crippen LogP contribution < -0.4 is 0 Å². The molecule has 2 rings (SSSR count). The third kappa shape index (κ3) is 3.24. The fourth-order valence-corrected chi connectivity index (χ4v) is 2.72. The van der Waals surface area contributed by atoms with Gasteiger partial charge in [0.15, 0.2) is 0 Å². The van der Waals surface area contributed by atoms with Crippen molar-refractivity contribution >= 4 is 11.8 Å². The maximum atomic E-state index is 3.76. The molecule has 0 aliphatic heterocycles. The van der Waals surface area contributed by atoms with E-state index in [0.717, 1.165) is 12.2 Å². The van der Waals surface area contributed by atoms with E-state index < -0.39 is 0 Å². The Kier molecular flexibility index (Phi) is 4.45. The summed E-state index contributed by atoms with van der Waals surface area (Å²) in [5.74, 6) is 1.09. The zero-order valence-corrected chi connectivity index (χ0v) is 10.6. The lowest BCUT2D eigenvalue weighted by Crippen LogP contribution is -1.83. The van der Waals surface area contributed by atoms with Crippen LogP contribution in [0.1, 0.15) is 6.42 Å². The fourth-order valence-electron chi connectivity index (χ4n) is 1.70. The van der Waals surface area contributed by atoms with Gasteiger partial charge >= 0.3 is 0 Å². The van der Waals surface area contributed by atoms with Gasteiger partial charge in [-0.2, -0.15) is 0 Å². The summed E-state index contributed by atoms with van der Waals surface area (Å²) in [4.78, 5) is 1.35. The third-order valence-corrected chi connectivity index (χ3v) is 3.66. The highest BCUT2D eigenvalue weighted by atomic mass is 32.2. The fraction of sp³-hybridized carbons (Fsp3) is 0.125. The molecule has 0 saturated carbocycles. The summed E-state index contributed by atoms with van der Waals surface area (Å²) < 4.78 is 0. The molecule has 0 aliphatic rings. The second-order valence-corrected chi connectivity index (χ2v) is 4.92. The Morgan fingerprint density at radius 3 is 2.41 bits per heavy atom. The van der Waals surface area contributed by atoms with Gasteiger partial charge in [-0.15, -0.1) is 18.3 Å². The zero-order chi connectivity index (χ0) is 11.9. The van der Waals surface area contributed by atoms with Gasteiger partial charge < -0.3 is 0 Å². The Hall–Kier alpha value is -1.47. The highest BCUT2D eigenvalue weighted by Crippen LogP contribution is 2.31. The summed E-state index contributed by atoms with van der Waals surface area (Å²) >= 11 is 1.90. The molecule has 0 unspecified atom stereocenters. The first-order chi connectivity index (χ1) is 8.42. The molecule has 0 bridgehead atoms. The summed E-state index contributed by atoms with van der Waals surface area (Å²) in [5, 5.41) is 0. The lowest BCUT2D eigenvalue weighted by molar-refractivity contribution is 1.24. The number of rotatable bonds is 5. The quantitative estimate of drug-likeness (QED) is 0.401. The van der Waals surface area contributed by atoms with E-state index in [1.165, 1.54) is 16.0 Å². The second kappa shape index (κ2) is 6.31. The molecule has 0 nitrogen and oxygen atoms in total. The Bertz CT molecular complexity index is 474. The molecule has 0 saturated heterocycles. The molecular formula is C16H16S. The lowest BCUT2D eigenvalue weighted by atomic mass is 10.1. The molecule has 0 atom stereocenters. The minimum absolute atomic E-state index is 1.05. The van der Waals surface area contributed by atoms with Gasteiger partial charge in [0.25, 0.3) is 0 Å². The van der Waals surface area contributed by atoms with E-state index in [-0.39, 0.29) is 0 Å². The second-order valence-electron chi connectivity index (χ2n) is 3.79. The van der Waals surface area contributed by atoms with Crippen LogP contribution in [0, 0.1) is 0 Å². The molecule has 0 heterocycles. The first-order valence-corrected chi connectivity index (χ1v) is 6.78. The van der Waals surface area contributed by atoms with Crippen molar-refractivity contribution in [1.29, 1.82) is 0 Å². The van der Waals surface area contributed by atoms with Gasteiger partial charge in [0.05, 0.1) is 0 Å². The SMILES string of the molecule is C=CCCSc1ccccc1-c1ccccc1. The van der Waals surface area contributed by atoms with Crippen LogP contribution in [-0.4, -0.2) is 5.75 Å². The van der Waals surface area contributed by atoms with Crippen LogP contribution in [0.15, 0.2) is 72.1 Å². The van der Waals surface area contributed by atoms with E-state index in [1.54, 1.807) is 0 Å². The van der Waals surface area contributed by atoms with Crippen molar-refractivity contribution in [3.63, 3.8) is 0 Å². The molecule has 17 heavy (non-hydrogen) atoms. The monoisotopic (exact) mass is 240 g/mol. The van der Waals surface area contributed by atoms with Gasteiger partial charge in [0.1, 0.15) is 0 Å². The minimum atomic E-state index is 1.05. The lowest BCUT2D eigenvalue weighted by Gasteiger charge is -2.08. The first-order valence-electron chi connectivity index (χ1n) is 5.80. The number of allylic oxidation sites excluding steroid dienone is 1. The van der Waals surface area contributed by atoms with Gasteiger partial charge in [0, 0.05) is 10.6 Å². The van der Waals surface area contributed by atoms with Crippen LogP contribution in [-0.2, 0) is 0 Å². The molecular weight excluding hydrogens is 224 g/mol. The predicted molar refractivity (Wildman–Crippen MR) is 77.4 cm³/mol. The molecule has 2 aromatic rings. The average Bonchev–Trinajstić information content (AvgIpc) is 2.41. The maximum absolute atomic E-state index is 3.76. The molecule has 0 fully saturated rings. The highest BCUT2D eigenvalue weighted by molar-refractivity contribution is 7.99. The smallest absolute Gasteiger partial charge is 0.0151 e. The molecule has 86 valence electrons. The summed E-state index contributed by atoms with van der Waals surface area (Å²) in [7, 11) is 0. The van der Waals surface area contributed by atoms with Crippen molar-refractivity contribution < 1.29 is 0 Å². The Morgan fingerprint density at radius 2 is 1.65 bits per heavy atom. The van der Waals surface area contributed by atoms with Crippen LogP contribution in [0.5, 0.6) is 0 Å². The zero-order valence-electron chi connectivity index (χ0n) is 9.80. The molecule has 0 aromatic heterocycles. The largest absolute Gasteiger partial charge is 0.125 e. The van der Waals surface area contributed by atoms with E-state index >= 15 is 0 Å². The van der Waals surface area contributed by atoms with Crippen LogP contribution in [0.3, 0.4) is 0 Å². The predicted octanol–water partition coefficient (Wildman–Crippen LogP) is 5.02. The van der Waals surface area contributed by atoms with Crippen molar-refractivity contribution in [1.82, 2.24) is 0 Å². The van der Waals surface area contributed by atoms with Gasteiger partial charge in [-0.05, 0) is 23.6 Å². The third-order valence-electron chi connectivity index (χ3n) is 2.55. The van der Waals surface area contributed by atoms with Crippen molar-refractivity contribution in [2.45, 2.75) is 11.3 Å². The van der Waals surface area contributed by atoms with Crippen LogP contribution in [0.25, 0.3) is 11.1 Å². The van der Waals surface area contributed by atoms with Crippen molar-refractivity contribution in [2.75, 3.05) is 5.75 Å². The standard InChI is InChI=1S/C16H16S/c1-2-3-13-17-16-12-8-7-11-15(16)14-9-5-4-6-10-14/h2,4-12H,1,3,13H2. The van der Waals surface area contributed by atoms with E-state index in [4.69, 9.17) is 0 Å². The molecule has 0 amide bonds. The number of benzene rings is 2. The number of hydrogen-bond donors (Lipinski definition) is 0. The van der Waals surface area contributed by atoms with Crippen molar-refractivity contribution in [3.05, 3.63) is 67.3 Å². The van der Waals surface area contributed by atoms with Gasteiger partial charge in [-0.25, -0.2) is 0 Å². The van der Waals surface area contributed by atoms with Gasteiger partial charge in [-0.1, -0.05) is 54.6 Å². The Balaban J connectivity index is 2.25. The van der Waals surface area contributed by atoms with Gasteiger partial charge in [-0.3, -0.25) is 0 Å². The van der Waals surface area contributed by atoms with Crippen LogP contribution in [0.4, 0.5) is 0 Å². The summed E-state index contributed by atoms with van der Waals surface area (Å²) in [6.45, 7) is 3.76. The Labute approximate surface area is 107 Å². The van der Waals surface area contributed by atoms with E-state index in [1.807, 2.05) is 17.8 Å². The summed E-state index contributed by atoms with van der Waals surface area (Å²) in [6, 6.07) is 19.1. The molecule has 2 aromatic carbocycles. The molecule has 0 aliphatic carbocycles. The minimum Gasteiger partial charge on any atom is -0.125 e. The number of hydrogen-bond acceptors (Lipinski definition) is 1. The summed E-state index contributed by atoms with van der Waals surface area (Å²) in [5.41, 5.74) is 2.61. The normalized spacial score (nSPS) is 10.1. The van der Waals surface area contributed by atoms with Crippen molar-refractivity contribution in [3.8, 4) is 11.1 Å².